The number of ether oxygens (including phenoxy) is 2. The fourth-order valence-corrected chi connectivity index (χ4v) is 3.35. The summed E-state index contributed by atoms with van der Waals surface area (Å²) >= 11 is 6.18. The van der Waals surface area contributed by atoms with E-state index in [0.717, 1.165) is 30.7 Å². The Labute approximate surface area is 124 Å². The van der Waals surface area contributed by atoms with E-state index in [1.54, 1.807) is 0 Å². The third kappa shape index (κ3) is 2.87. The zero-order chi connectivity index (χ0) is 13.9. The zero-order valence-corrected chi connectivity index (χ0v) is 12.2. The highest BCUT2D eigenvalue weighted by molar-refractivity contribution is 6.32. The van der Waals surface area contributed by atoms with Crippen LogP contribution >= 0.6 is 11.6 Å². The van der Waals surface area contributed by atoms with Crippen molar-refractivity contribution in [2.24, 2.45) is 5.92 Å². The van der Waals surface area contributed by atoms with Crippen LogP contribution in [0.5, 0.6) is 11.5 Å². The molecule has 1 aromatic carbocycles. The third-order valence-corrected chi connectivity index (χ3v) is 4.48. The predicted molar refractivity (Wildman–Crippen MR) is 77.2 cm³/mol. The summed E-state index contributed by atoms with van der Waals surface area (Å²) in [6.45, 7) is 1.23. The molecule has 2 atom stereocenters. The molecule has 1 saturated carbocycles. The lowest BCUT2D eigenvalue weighted by atomic mass is 9.85. The Hall–Kier alpha value is -0.970. The number of rotatable bonds is 4. The number of halogens is 1. The first-order valence-corrected chi connectivity index (χ1v) is 7.58. The first kappa shape index (κ1) is 14.0. The van der Waals surface area contributed by atoms with E-state index in [1.807, 2.05) is 12.1 Å². The van der Waals surface area contributed by atoms with Crippen LogP contribution in [0.15, 0.2) is 12.1 Å². The lowest BCUT2D eigenvalue weighted by molar-refractivity contribution is 0.152. The van der Waals surface area contributed by atoms with E-state index >= 15 is 0 Å². The fraction of sp³-hybridized carbons (Fsp3) is 0.600. The van der Waals surface area contributed by atoms with Gasteiger partial charge in [-0.25, -0.2) is 0 Å². The Balaban J connectivity index is 1.65. The third-order valence-electron chi connectivity index (χ3n) is 4.20. The van der Waals surface area contributed by atoms with Crippen molar-refractivity contribution in [3.05, 3.63) is 22.7 Å². The molecule has 2 aliphatic rings. The first-order valence-electron chi connectivity index (χ1n) is 7.20. The summed E-state index contributed by atoms with van der Waals surface area (Å²) in [5.74, 6) is 1.73. The number of hydrogen-bond donors (Lipinski definition) is 2. The van der Waals surface area contributed by atoms with Gasteiger partial charge in [0.2, 0.25) is 6.79 Å². The number of fused-ring (bicyclic) bond motifs is 1. The van der Waals surface area contributed by atoms with Gasteiger partial charge in [0.1, 0.15) is 0 Å². The van der Waals surface area contributed by atoms with E-state index in [-0.39, 0.29) is 13.4 Å². The Bertz CT molecular complexity index is 480. The Kier molecular flexibility index (Phi) is 4.34. The summed E-state index contributed by atoms with van der Waals surface area (Å²) in [6.07, 6.45) is 4.69. The summed E-state index contributed by atoms with van der Waals surface area (Å²) in [7, 11) is 0. The van der Waals surface area contributed by atoms with Gasteiger partial charge < -0.3 is 19.9 Å². The normalized spacial score (nSPS) is 24.9. The van der Waals surface area contributed by atoms with E-state index in [2.05, 4.69) is 5.32 Å². The number of aliphatic hydroxyl groups is 1. The number of aliphatic hydroxyl groups excluding tert-OH is 1. The number of hydrogen-bond acceptors (Lipinski definition) is 4. The summed E-state index contributed by atoms with van der Waals surface area (Å²) in [6, 6.07) is 4.27. The zero-order valence-electron chi connectivity index (χ0n) is 11.4. The van der Waals surface area contributed by atoms with Gasteiger partial charge in [0.05, 0.1) is 5.02 Å². The molecule has 1 aromatic rings. The molecule has 110 valence electrons. The van der Waals surface area contributed by atoms with Gasteiger partial charge in [-0.2, -0.15) is 0 Å². The molecule has 0 radical (unpaired) electrons. The summed E-state index contributed by atoms with van der Waals surface area (Å²) in [5.41, 5.74) is 1.08. The fourth-order valence-electron chi connectivity index (χ4n) is 3.07. The molecule has 20 heavy (non-hydrogen) atoms. The van der Waals surface area contributed by atoms with E-state index in [1.165, 1.54) is 12.8 Å². The molecule has 1 heterocycles. The van der Waals surface area contributed by atoms with Crippen molar-refractivity contribution in [2.45, 2.75) is 38.3 Å². The molecule has 1 aliphatic heterocycles. The summed E-state index contributed by atoms with van der Waals surface area (Å²) in [4.78, 5) is 0. The van der Waals surface area contributed by atoms with Crippen molar-refractivity contribution >= 4 is 11.6 Å². The second-order valence-electron chi connectivity index (χ2n) is 5.53. The number of benzene rings is 1. The van der Waals surface area contributed by atoms with Crippen LogP contribution in [0.1, 0.15) is 31.2 Å². The van der Waals surface area contributed by atoms with Gasteiger partial charge in [0.15, 0.2) is 11.5 Å². The van der Waals surface area contributed by atoms with Crippen LogP contribution in [0.3, 0.4) is 0 Å². The quantitative estimate of drug-likeness (QED) is 0.897. The molecule has 3 rings (SSSR count). The Morgan fingerprint density at radius 2 is 2.10 bits per heavy atom. The van der Waals surface area contributed by atoms with Crippen molar-refractivity contribution < 1.29 is 14.6 Å². The van der Waals surface area contributed by atoms with Crippen LogP contribution in [0.25, 0.3) is 0 Å². The highest BCUT2D eigenvalue weighted by atomic mass is 35.5. The van der Waals surface area contributed by atoms with Crippen LogP contribution in [0.2, 0.25) is 5.02 Å². The standard InChI is InChI=1S/C15H20ClNO3/c16-12-5-10(6-14-15(12)20-9-19-14)7-17-13-4-2-1-3-11(13)8-18/h5-6,11,13,17-18H,1-4,7-9H2. The Morgan fingerprint density at radius 1 is 1.25 bits per heavy atom. The molecular formula is C15H20ClNO3. The molecular weight excluding hydrogens is 278 g/mol. The Morgan fingerprint density at radius 3 is 2.95 bits per heavy atom. The van der Waals surface area contributed by atoms with Crippen molar-refractivity contribution in [1.82, 2.24) is 5.32 Å². The average Bonchev–Trinajstić information content (AvgIpc) is 2.94. The second-order valence-corrected chi connectivity index (χ2v) is 5.93. The van der Waals surface area contributed by atoms with Gasteiger partial charge in [-0.15, -0.1) is 0 Å². The molecule has 5 heteroatoms. The molecule has 1 fully saturated rings. The van der Waals surface area contributed by atoms with E-state index in [9.17, 15) is 5.11 Å². The topological polar surface area (TPSA) is 50.7 Å². The van der Waals surface area contributed by atoms with Gasteiger partial charge in [-0.3, -0.25) is 0 Å². The summed E-state index contributed by atoms with van der Waals surface area (Å²) in [5, 5.41) is 13.6. The monoisotopic (exact) mass is 297 g/mol. The minimum absolute atomic E-state index is 0.237. The van der Waals surface area contributed by atoms with Gasteiger partial charge in [-0.1, -0.05) is 24.4 Å². The molecule has 2 unspecified atom stereocenters. The highest BCUT2D eigenvalue weighted by Crippen LogP contribution is 2.39. The lowest BCUT2D eigenvalue weighted by Gasteiger charge is -2.31. The largest absolute Gasteiger partial charge is 0.454 e. The van der Waals surface area contributed by atoms with E-state index in [4.69, 9.17) is 21.1 Å². The van der Waals surface area contributed by atoms with Crippen molar-refractivity contribution in [1.29, 1.82) is 0 Å². The van der Waals surface area contributed by atoms with Gasteiger partial charge >= 0.3 is 0 Å². The van der Waals surface area contributed by atoms with Crippen molar-refractivity contribution in [3.8, 4) is 11.5 Å². The van der Waals surface area contributed by atoms with E-state index < -0.39 is 0 Å². The van der Waals surface area contributed by atoms with E-state index in [0.29, 0.717) is 22.7 Å². The first-order chi connectivity index (χ1) is 9.78. The predicted octanol–water partition coefficient (Wildman–Crippen LogP) is 2.71. The van der Waals surface area contributed by atoms with Crippen LogP contribution in [0.4, 0.5) is 0 Å². The minimum Gasteiger partial charge on any atom is -0.454 e. The van der Waals surface area contributed by atoms with Crippen molar-refractivity contribution in [2.75, 3.05) is 13.4 Å². The van der Waals surface area contributed by atoms with Crippen LogP contribution in [-0.2, 0) is 6.54 Å². The molecule has 0 bridgehead atoms. The van der Waals surface area contributed by atoms with Crippen molar-refractivity contribution in [3.63, 3.8) is 0 Å². The van der Waals surface area contributed by atoms with Gasteiger partial charge in [0, 0.05) is 19.2 Å². The van der Waals surface area contributed by atoms with Crippen LogP contribution in [0, 0.1) is 5.92 Å². The maximum atomic E-state index is 9.43. The highest BCUT2D eigenvalue weighted by Gasteiger charge is 2.24. The molecule has 2 N–H and O–H groups in total. The molecule has 0 aromatic heterocycles. The molecule has 0 saturated heterocycles. The molecule has 0 spiro atoms. The number of nitrogens with one attached hydrogen (secondary N) is 1. The maximum Gasteiger partial charge on any atom is 0.231 e. The second kappa shape index (κ2) is 6.20. The average molecular weight is 298 g/mol. The SMILES string of the molecule is OCC1CCCCC1NCc1cc(Cl)c2c(c1)OCO2. The lowest BCUT2D eigenvalue weighted by Crippen LogP contribution is -2.39. The summed E-state index contributed by atoms with van der Waals surface area (Å²) < 4.78 is 10.7. The molecule has 1 aliphatic carbocycles. The smallest absolute Gasteiger partial charge is 0.231 e. The minimum atomic E-state index is 0.237. The maximum absolute atomic E-state index is 9.43. The van der Waals surface area contributed by atoms with Gasteiger partial charge in [0.25, 0.3) is 0 Å². The molecule has 0 amide bonds. The molecule has 4 nitrogen and oxygen atoms in total. The van der Waals surface area contributed by atoms with Crippen LogP contribution in [-0.4, -0.2) is 24.5 Å². The van der Waals surface area contributed by atoms with Gasteiger partial charge in [-0.05, 0) is 36.5 Å². The van der Waals surface area contributed by atoms with Crippen LogP contribution < -0.4 is 14.8 Å².